The van der Waals surface area contributed by atoms with Crippen molar-refractivity contribution in [2.24, 2.45) is 0 Å². The SMILES string of the molecule is OC1(c2ccccc2N(c2ccccc2)c2ccccc2)c2ccccc2-c2nc3ccccc3cc21. The van der Waals surface area contributed by atoms with Crippen molar-refractivity contribution in [3.8, 4) is 11.3 Å². The van der Waals surface area contributed by atoms with Gasteiger partial charge in [0.15, 0.2) is 0 Å². The largest absolute Gasteiger partial charge is 0.376 e. The summed E-state index contributed by atoms with van der Waals surface area (Å²) in [6, 6.07) is 47.0. The molecule has 1 heterocycles. The van der Waals surface area contributed by atoms with Gasteiger partial charge in [-0.1, -0.05) is 97.1 Å². The molecule has 0 fully saturated rings. The second kappa shape index (κ2) is 8.44. The summed E-state index contributed by atoms with van der Waals surface area (Å²) >= 11 is 0. The van der Waals surface area contributed by atoms with E-state index in [1.54, 1.807) is 0 Å². The molecule has 1 aromatic heterocycles. The monoisotopic (exact) mass is 476 g/mol. The Morgan fingerprint density at radius 3 is 1.84 bits per heavy atom. The molecule has 3 heteroatoms. The molecule has 0 saturated carbocycles. The first kappa shape index (κ1) is 21.5. The Kier molecular flexibility index (Phi) is 4.91. The number of hydrogen-bond acceptors (Lipinski definition) is 3. The second-order valence-electron chi connectivity index (χ2n) is 9.36. The highest BCUT2D eigenvalue weighted by Crippen LogP contribution is 2.53. The highest BCUT2D eigenvalue weighted by Gasteiger charge is 2.46. The Hall–Kier alpha value is -4.73. The van der Waals surface area contributed by atoms with Crippen LogP contribution in [0.2, 0.25) is 0 Å². The minimum absolute atomic E-state index is 0.806. The average molecular weight is 477 g/mol. The maximum absolute atomic E-state index is 12.9. The molecule has 5 aromatic carbocycles. The van der Waals surface area contributed by atoms with Gasteiger partial charge < -0.3 is 10.0 Å². The number of fused-ring (bicyclic) bond motifs is 4. The van der Waals surface area contributed by atoms with Gasteiger partial charge in [-0.2, -0.15) is 0 Å². The maximum Gasteiger partial charge on any atom is 0.145 e. The quantitative estimate of drug-likeness (QED) is 0.280. The van der Waals surface area contributed by atoms with Gasteiger partial charge in [0, 0.05) is 39.0 Å². The van der Waals surface area contributed by atoms with Crippen molar-refractivity contribution in [1.82, 2.24) is 4.98 Å². The van der Waals surface area contributed by atoms with E-state index < -0.39 is 5.60 Å². The number of hydrogen-bond donors (Lipinski definition) is 1. The first-order valence-electron chi connectivity index (χ1n) is 12.5. The van der Waals surface area contributed by atoms with E-state index >= 15 is 0 Å². The van der Waals surface area contributed by atoms with Gasteiger partial charge in [0.25, 0.3) is 0 Å². The van der Waals surface area contributed by atoms with Gasteiger partial charge >= 0.3 is 0 Å². The molecule has 176 valence electrons. The molecule has 0 aliphatic heterocycles. The van der Waals surface area contributed by atoms with Crippen LogP contribution in [0.15, 0.2) is 140 Å². The molecule has 1 aliphatic rings. The standard InChI is InChI=1S/C34H24N2O/c37-34(28-19-9-8-18-27(28)33-30(34)23-24-13-7-11-21-31(24)35-33)29-20-10-12-22-32(29)36(25-14-3-1-4-15-25)26-16-5-2-6-17-26/h1-23,37H. The third kappa shape index (κ3) is 3.29. The molecule has 3 nitrogen and oxygen atoms in total. The number of nitrogens with zero attached hydrogens (tertiary/aromatic N) is 2. The van der Waals surface area contributed by atoms with Gasteiger partial charge in [0.05, 0.1) is 16.9 Å². The van der Waals surface area contributed by atoms with Crippen molar-refractivity contribution in [2.75, 3.05) is 4.90 Å². The lowest BCUT2D eigenvalue weighted by Gasteiger charge is -2.34. The zero-order valence-electron chi connectivity index (χ0n) is 20.1. The van der Waals surface area contributed by atoms with Gasteiger partial charge in [-0.15, -0.1) is 0 Å². The molecule has 37 heavy (non-hydrogen) atoms. The first-order valence-corrected chi connectivity index (χ1v) is 12.5. The van der Waals surface area contributed by atoms with Gasteiger partial charge in [0.1, 0.15) is 5.60 Å². The lowest BCUT2D eigenvalue weighted by Crippen LogP contribution is -2.29. The maximum atomic E-state index is 12.9. The summed E-state index contributed by atoms with van der Waals surface area (Å²) in [5.74, 6) is 0. The number of para-hydroxylation sites is 4. The fourth-order valence-electron chi connectivity index (χ4n) is 5.59. The van der Waals surface area contributed by atoms with Crippen LogP contribution in [-0.4, -0.2) is 10.1 Å². The number of aliphatic hydroxyl groups is 1. The van der Waals surface area contributed by atoms with Gasteiger partial charge in [-0.05, 0) is 42.5 Å². The normalized spacial score (nSPS) is 15.8. The molecule has 0 amide bonds. The topological polar surface area (TPSA) is 36.4 Å². The minimum Gasteiger partial charge on any atom is -0.376 e. The van der Waals surface area contributed by atoms with Crippen LogP contribution in [0.3, 0.4) is 0 Å². The Morgan fingerprint density at radius 1 is 0.541 bits per heavy atom. The summed E-state index contributed by atoms with van der Waals surface area (Å²) in [7, 11) is 0. The number of pyridine rings is 1. The first-order chi connectivity index (χ1) is 18.2. The summed E-state index contributed by atoms with van der Waals surface area (Å²) in [5.41, 5.74) is 6.77. The number of anilines is 3. The lowest BCUT2D eigenvalue weighted by molar-refractivity contribution is 0.131. The van der Waals surface area contributed by atoms with E-state index in [4.69, 9.17) is 4.98 Å². The molecule has 1 atom stereocenters. The fraction of sp³-hybridized carbons (Fsp3) is 0.0294. The van der Waals surface area contributed by atoms with Gasteiger partial charge in [0.2, 0.25) is 0 Å². The van der Waals surface area contributed by atoms with E-state index in [-0.39, 0.29) is 0 Å². The van der Waals surface area contributed by atoms with Crippen LogP contribution in [0.25, 0.3) is 22.2 Å². The molecule has 1 aliphatic carbocycles. The Labute approximate surface area is 215 Å². The highest BCUT2D eigenvalue weighted by atomic mass is 16.3. The van der Waals surface area contributed by atoms with E-state index in [9.17, 15) is 5.11 Å². The number of aromatic nitrogens is 1. The van der Waals surface area contributed by atoms with Crippen LogP contribution >= 0.6 is 0 Å². The molecule has 0 radical (unpaired) electrons. The molecule has 1 N–H and O–H groups in total. The van der Waals surface area contributed by atoms with Crippen molar-refractivity contribution in [2.45, 2.75) is 5.60 Å². The number of rotatable bonds is 4. The van der Waals surface area contributed by atoms with Gasteiger partial charge in [-0.3, -0.25) is 0 Å². The summed E-state index contributed by atoms with van der Waals surface area (Å²) in [4.78, 5) is 7.25. The summed E-state index contributed by atoms with van der Waals surface area (Å²) in [6.07, 6.45) is 0. The Bertz CT molecular complexity index is 1710. The Balaban J connectivity index is 1.54. The van der Waals surface area contributed by atoms with E-state index in [1.807, 2.05) is 91.0 Å². The molecule has 0 saturated heterocycles. The van der Waals surface area contributed by atoms with Crippen molar-refractivity contribution in [3.63, 3.8) is 0 Å². The molecule has 1 unspecified atom stereocenters. The molecular formula is C34H24N2O. The molecule has 0 bridgehead atoms. The lowest BCUT2D eigenvalue weighted by atomic mass is 9.82. The zero-order chi connectivity index (χ0) is 24.8. The van der Waals surface area contributed by atoms with Crippen molar-refractivity contribution >= 4 is 28.0 Å². The minimum atomic E-state index is -1.37. The van der Waals surface area contributed by atoms with Crippen LogP contribution < -0.4 is 4.90 Å². The predicted molar refractivity (Wildman–Crippen MR) is 150 cm³/mol. The van der Waals surface area contributed by atoms with Crippen LogP contribution in [0.1, 0.15) is 16.7 Å². The highest BCUT2D eigenvalue weighted by molar-refractivity contribution is 5.90. The molecule has 7 rings (SSSR count). The van der Waals surface area contributed by atoms with Crippen molar-refractivity contribution < 1.29 is 5.11 Å². The fourth-order valence-corrected chi connectivity index (χ4v) is 5.59. The van der Waals surface area contributed by atoms with Crippen LogP contribution in [0, 0.1) is 0 Å². The summed E-state index contributed by atoms with van der Waals surface area (Å²) in [6.45, 7) is 0. The smallest absolute Gasteiger partial charge is 0.145 e. The van der Waals surface area contributed by atoms with Crippen molar-refractivity contribution in [1.29, 1.82) is 0 Å². The zero-order valence-corrected chi connectivity index (χ0v) is 20.1. The predicted octanol–water partition coefficient (Wildman–Crippen LogP) is 7.97. The summed E-state index contributed by atoms with van der Waals surface area (Å²) < 4.78 is 0. The van der Waals surface area contributed by atoms with Crippen LogP contribution in [0.5, 0.6) is 0 Å². The van der Waals surface area contributed by atoms with E-state index in [1.165, 1.54) is 0 Å². The Morgan fingerprint density at radius 2 is 1.11 bits per heavy atom. The van der Waals surface area contributed by atoms with Crippen LogP contribution in [0.4, 0.5) is 17.1 Å². The average Bonchev–Trinajstić information content (AvgIpc) is 3.22. The van der Waals surface area contributed by atoms with E-state index in [0.29, 0.717) is 0 Å². The third-order valence-corrected chi connectivity index (χ3v) is 7.25. The second-order valence-corrected chi connectivity index (χ2v) is 9.36. The molecule has 0 spiro atoms. The third-order valence-electron chi connectivity index (χ3n) is 7.25. The number of benzene rings is 5. The summed E-state index contributed by atoms with van der Waals surface area (Å²) in [5, 5.41) is 13.9. The van der Waals surface area contributed by atoms with Crippen LogP contribution in [-0.2, 0) is 5.60 Å². The van der Waals surface area contributed by atoms with E-state index in [0.717, 1.165) is 55.9 Å². The van der Waals surface area contributed by atoms with E-state index in [2.05, 4.69) is 53.4 Å². The van der Waals surface area contributed by atoms with Crippen molar-refractivity contribution in [3.05, 3.63) is 156 Å². The molecule has 6 aromatic rings. The molecular weight excluding hydrogens is 452 g/mol. The van der Waals surface area contributed by atoms with Gasteiger partial charge in [-0.25, -0.2) is 4.98 Å².